The van der Waals surface area contributed by atoms with Crippen molar-refractivity contribution in [2.75, 3.05) is 13.6 Å². The highest BCUT2D eigenvalue weighted by atomic mass is 16.4. The van der Waals surface area contributed by atoms with Gasteiger partial charge in [-0.15, -0.1) is 0 Å². The lowest BCUT2D eigenvalue weighted by Gasteiger charge is -2.19. The van der Waals surface area contributed by atoms with Gasteiger partial charge in [-0.25, -0.2) is 9.59 Å². The molecule has 0 aliphatic heterocycles. The molecule has 3 amide bonds. The lowest BCUT2D eigenvalue weighted by molar-refractivity contribution is -0.145. The Morgan fingerprint density at radius 2 is 1.82 bits per heavy atom. The minimum absolute atomic E-state index is 0.398. The molecular formula is C8H13N3O6. The molecule has 0 rings (SSSR count). The molecule has 9 nitrogen and oxygen atoms in total. The van der Waals surface area contributed by atoms with Gasteiger partial charge in [-0.05, 0) is 0 Å². The van der Waals surface area contributed by atoms with E-state index >= 15 is 0 Å². The normalized spacial score (nSPS) is 11.4. The molecule has 96 valence electrons. The van der Waals surface area contributed by atoms with Crippen LogP contribution in [0.3, 0.4) is 0 Å². The minimum atomic E-state index is -1.56. The van der Waals surface area contributed by atoms with Gasteiger partial charge in [0.25, 0.3) is 0 Å². The third kappa shape index (κ3) is 5.97. The highest BCUT2D eigenvalue weighted by Crippen LogP contribution is 1.95. The monoisotopic (exact) mass is 247 g/mol. The molecule has 0 unspecified atom stereocenters. The van der Waals surface area contributed by atoms with E-state index in [4.69, 9.17) is 15.9 Å². The number of carboxylic acids is 2. The van der Waals surface area contributed by atoms with Gasteiger partial charge in [0.15, 0.2) is 0 Å². The number of nitrogens with zero attached hydrogens (tertiary/aromatic N) is 1. The van der Waals surface area contributed by atoms with Crippen LogP contribution in [0.25, 0.3) is 0 Å². The van der Waals surface area contributed by atoms with Crippen molar-refractivity contribution in [3.05, 3.63) is 0 Å². The summed E-state index contributed by atoms with van der Waals surface area (Å²) in [6.07, 6.45) is -0.758. The fourth-order valence-corrected chi connectivity index (χ4v) is 0.939. The van der Waals surface area contributed by atoms with Gasteiger partial charge in [0.05, 0.1) is 6.42 Å². The molecule has 5 N–H and O–H groups in total. The van der Waals surface area contributed by atoms with Crippen molar-refractivity contribution in [1.29, 1.82) is 0 Å². The molecule has 0 bridgehead atoms. The largest absolute Gasteiger partial charge is 0.481 e. The standard InChI is InChI=1S/C8H13N3O6/c1-11(3-5(9)12)8(17)10-4(7(15)16)2-6(13)14/h4H,2-3H2,1H3,(H2,9,12)(H,10,17)(H,13,14)(H,15,16)/t4-/m0/s1. The zero-order valence-electron chi connectivity index (χ0n) is 9.04. The summed E-state index contributed by atoms with van der Waals surface area (Å²) >= 11 is 0. The van der Waals surface area contributed by atoms with Crippen LogP contribution in [-0.4, -0.2) is 58.6 Å². The lowest BCUT2D eigenvalue weighted by Crippen LogP contribution is -2.49. The summed E-state index contributed by atoms with van der Waals surface area (Å²) in [4.78, 5) is 43.6. The Hall–Kier alpha value is -2.32. The maximum atomic E-state index is 11.3. The van der Waals surface area contributed by atoms with Crippen molar-refractivity contribution >= 4 is 23.9 Å². The Bertz CT molecular complexity index is 342. The first-order chi connectivity index (χ1) is 7.73. The first-order valence-corrected chi connectivity index (χ1v) is 4.48. The van der Waals surface area contributed by atoms with Crippen molar-refractivity contribution < 1.29 is 29.4 Å². The Morgan fingerprint density at radius 1 is 1.29 bits per heavy atom. The van der Waals surface area contributed by atoms with Crippen LogP contribution in [0.1, 0.15) is 6.42 Å². The van der Waals surface area contributed by atoms with Crippen LogP contribution >= 0.6 is 0 Å². The van der Waals surface area contributed by atoms with Gasteiger partial charge < -0.3 is 26.2 Å². The summed E-state index contributed by atoms with van der Waals surface area (Å²) in [7, 11) is 1.22. The van der Waals surface area contributed by atoms with Gasteiger partial charge in [-0.2, -0.15) is 0 Å². The fourth-order valence-electron chi connectivity index (χ4n) is 0.939. The van der Waals surface area contributed by atoms with E-state index in [1.54, 1.807) is 0 Å². The second kappa shape index (κ2) is 6.30. The van der Waals surface area contributed by atoms with E-state index in [-0.39, 0.29) is 0 Å². The molecule has 0 saturated heterocycles. The van der Waals surface area contributed by atoms with E-state index in [1.165, 1.54) is 7.05 Å². The number of nitrogens with one attached hydrogen (secondary N) is 1. The van der Waals surface area contributed by atoms with Gasteiger partial charge >= 0.3 is 18.0 Å². The third-order valence-corrected chi connectivity index (χ3v) is 1.71. The molecule has 0 spiro atoms. The molecular weight excluding hydrogens is 234 g/mol. The number of aliphatic carboxylic acids is 2. The molecule has 0 aromatic carbocycles. The van der Waals surface area contributed by atoms with E-state index in [0.717, 1.165) is 4.90 Å². The number of primary amides is 1. The van der Waals surface area contributed by atoms with Crippen LogP contribution in [0.15, 0.2) is 0 Å². The molecule has 0 aliphatic rings. The number of hydrogen-bond donors (Lipinski definition) is 4. The van der Waals surface area contributed by atoms with Gasteiger partial charge in [0.2, 0.25) is 5.91 Å². The van der Waals surface area contributed by atoms with Crippen molar-refractivity contribution in [3.63, 3.8) is 0 Å². The second-order valence-corrected chi connectivity index (χ2v) is 3.26. The molecule has 0 fully saturated rings. The van der Waals surface area contributed by atoms with Gasteiger partial charge in [-0.1, -0.05) is 0 Å². The summed E-state index contributed by atoms with van der Waals surface area (Å²) in [6.45, 7) is -0.398. The molecule has 9 heteroatoms. The van der Waals surface area contributed by atoms with E-state index in [2.05, 4.69) is 0 Å². The fraction of sp³-hybridized carbons (Fsp3) is 0.500. The van der Waals surface area contributed by atoms with E-state index in [1.807, 2.05) is 5.32 Å². The molecule has 17 heavy (non-hydrogen) atoms. The van der Waals surface area contributed by atoms with Crippen LogP contribution in [0.2, 0.25) is 0 Å². The molecule has 0 aliphatic carbocycles. The quantitative estimate of drug-likeness (QED) is 0.428. The van der Waals surface area contributed by atoms with Crippen molar-refractivity contribution in [3.8, 4) is 0 Å². The summed E-state index contributed by atoms with van der Waals surface area (Å²) < 4.78 is 0. The van der Waals surface area contributed by atoms with Crippen molar-refractivity contribution in [1.82, 2.24) is 10.2 Å². The van der Waals surface area contributed by atoms with E-state index in [0.29, 0.717) is 0 Å². The zero-order chi connectivity index (χ0) is 13.6. The average Bonchev–Trinajstić information content (AvgIpc) is 2.14. The number of likely N-dealkylation sites (N-methyl/N-ethyl adjacent to an activating group) is 1. The van der Waals surface area contributed by atoms with Crippen LogP contribution in [0.4, 0.5) is 4.79 Å². The Balaban J connectivity index is 4.44. The molecule has 0 aromatic heterocycles. The second-order valence-electron chi connectivity index (χ2n) is 3.26. The number of nitrogens with two attached hydrogens (primary N) is 1. The third-order valence-electron chi connectivity index (χ3n) is 1.71. The van der Waals surface area contributed by atoms with Gasteiger partial charge in [-0.3, -0.25) is 9.59 Å². The van der Waals surface area contributed by atoms with E-state index in [9.17, 15) is 19.2 Å². The summed E-state index contributed by atoms with van der Waals surface area (Å²) in [5.74, 6) is -3.61. The zero-order valence-corrected chi connectivity index (χ0v) is 9.04. The van der Waals surface area contributed by atoms with Gasteiger partial charge in [0.1, 0.15) is 12.6 Å². The van der Waals surface area contributed by atoms with Gasteiger partial charge in [0, 0.05) is 7.05 Å². The molecule has 0 aromatic rings. The van der Waals surface area contributed by atoms with Crippen LogP contribution < -0.4 is 11.1 Å². The topological polar surface area (TPSA) is 150 Å². The number of urea groups is 1. The smallest absolute Gasteiger partial charge is 0.326 e. The molecule has 1 atom stereocenters. The predicted octanol–water partition coefficient (Wildman–Crippen LogP) is -1.96. The number of hydrogen-bond acceptors (Lipinski definition) is 4. The highest BCUT2D eigenvalue weighted by Gasteiger charge is 2.24. The number of carbonyl (C=O) groups is 4. The van der Waals surface area contributed by atoms with Crippen LogP contribution in [0, 0.1) is 0 Å². The van der Waals surface area contributed by atoms with E-state index < -0.39 is 42.9 Å². The average molecular weight is 247 g/mol. The summed E-state index contributed by atoms with van der Waals surface area (Å²) in [5.41, 5.74) is 4.83. The predicted molar refractivity (Wildman–Crippen MR) is 54.0 cm³/mol. The number of amides is 3. The first-order valence-electron chi connectivity index (χ1n) is 4.48. The Labute approximate surface area is 96.2 Å². The Kier molecular flexibility index (Phi) is 5.44. The number of carbonyl (C=O) groups excluding carboxylic acids is 2. The van der Waals surface area contributed by atoms with Crippen LogP contribution in [-0.2, 0) is 14.4 Å². The summed E-state index contributed by atoms with van der Waals surface area (Å²) in [5, 5.41) is 19.0. The van der Waals surface area contributed by atoms with Crippen molar-refractivity contribution in [2.45, 2.75) is 12.5 Å². The first kappa shape index (κ1) is 14.7. The lowest BCUT2D eigenvalue weighted by atomic mass is 10.2. The van der Waals surface area contributed by atoms with Crippen LogP contribution in [0.5, 0.6) is 0 Å². The Morgan fingerprint density at radius 3 is 2.18 bits per heavy atom. The molecule has 0 saturated carbocycles. The highest BCUT2D eigenvalue weighted by molar-refractivity contribution is 5.88. The summed E-state index contributed by atoms with van der Waals surface area (Å²) in [6, 6.07) is -2.45. The number of carboxylic acid groups (broad SMARTS) is 2. The molecule has 0 radical (unpaired) electrons. The number of rotatable bonds is 6. The minimum Gasteiger partial charge on any atom is -0.481 e. The molecule has 0 heterocycles. The van der Waals surface area contributed by atoms with Crippen molar-refractivity contribution in [2.24, 2.45) is 5.73 Å². The maximum absolute atomic E-state index is 11.3. The SMILES string of the molecule is CN(CC(N)=O)C(=O)N[C@@H](CC(=O)O)C(=O)O. The maximum Gasteiger partial charge on any atom is 0.326 e.